The van der Waals surface area contributed by atoms with Crippen LogP contribution in [0.5, 0.6) is 5.75 Å². The first-order chi connectivity index (χ1) is 18.7. The Bertz CT molecular complexity index is 1290. The molecule has 2 aliphatic heterocycles. The van der Waals surface area contributed by atoms with Crippen LogP contribution < -0.4 is 20.3 Å². The average Bonchev–Trinajstić information content (AvgIpc) is 3.05. The number of anilines is 1. The van der Waals surface area contributed by atoms with Gasteiger partial charge in [0.15, 0.2) is 0 Å². The molecular weight excluding hydrogens is 498 g/mol. The molecule has 2 atom stereocenters. The van der Waals surface area contributed by atoms with E-state index in [1.807, 2.05) is 41.3 Å². The van der Waals surface area contributed by atoms with E-state index in [4.69, 9.17) is 4.74 Å². The van der Waals surface area contributed by atoms with Gasteiger partial charge < -0.3 is 25.2 Å². The zero-order chi connectivity index (χ0) is 27.9. The van der Waals surface area contributed by atoms with E-state index in [2.05, 4.69) is 27.4 Å². The van der Waals surface area contributed by atoms with E-state index in [0.717, 1.165) is 24.2 Å². The van der Waals surface area contributed by atoms with Gasteiger partial charge in [-0.15, -0.1) is 0 Å². The molecule has 2 aliphatic rings. The number of rotatable bonds is 4. The summed E-state index contributed by atoms with van der Waals surface area (Å²) in [6.07, 6.45) is 0. The van der Waals surface area contributed by atoms with E-state index in [0.29, 0.717) is 31.1 Å². The Hall–Kier alpha value is -4.36. The minimum Gasteiger partial charge on any atom is -0.489 e. The molecule has 204 valence electrons. The number of benzene rings is 2. The predicted molar refractivity (Wildman–Crippen MR) is 146 cm³/mol. The third-order valence-corrected chi connectivity index (χ3v) is 6.87. The van der Waals surface area contributed by atoms with Gasteiger partial charge in [0.2, 0.25) is 5.91 Å². The molecule has 10 heteroatoms. The van der Waals surface area contributed by atoms with Crippen molar-refractivity contribution in [2.75, 3.05) is 51.3 Å². The third kappa shape index (κ3) is 6.94. The molecule has 0 spiro atoms. The fourth-order valence-electron chi connectivity index (χ4n) is 4.46. The Labute approximate surface area is 228 Å². The highest BCUT2D eigenvalue weighted by Gasteiger charge is 2.32. The lowest BCUT2D eigenvalue weighted by atomic mass is 10.1. The molecule has 0 bridgehead atoms. The van der Waals surface area contributed by atoms with Gasteiger partial charge in [-0.3, -0.25) is 24.1 Å². The van der Waals surface area contributed by atoms with Crippen LogP contribution in [0.2, 0.25) is 0 Å². The van der Waals surface area contributed by atoms with E-state index in [9.17, 15) is 19.2 Å². The van der Waals surface area contributed by atoms with Crippen LogP contribution in [0, 0.1) is 11.8 Å². The first-order valence-corrected chi connectivity index (χ1v) is 12.9. The molecule has 2 aromatic carbocycles. The van der Waals surface area contributed by atoms with Crippen molar-refractivity contribution in [2.45, 2.75) is 25.9 Å². The van der Waals surface area contributed by atoms with E-state index < -0.39 is 23.8 Å². The monoisotopic (exact) mass is 531 g/mol. The lowest BCUT2D eigenvalue weighted by Gasteiger charge is -2.32. The Morgan fingerprint density at radius 2 is 1.77 bits per heavy atom. The topological polar surface area (TPSA) is 111 Å². The molecule has 0 unspecified atom stereocenters. The van der Waals surface area contributed by atoms with Crippen molar-refractivity contribution in [2.24, 2.45) is 0 Å². The van der Waals surface area contributed by atoms with Crippen LogP contribution in [0.15, 0.2) is 48.5 Å². The number of piperazine rings is 1. The van der Waals surface area contributed by atoms with Crippen LogP contribution in [0.1, 0.15) is 31.0 Å². The molecule has 4 rings (SSSR count). The highest BCUT2D eigenvalue weighted by molar-refractivity contribution is 6.35. The van der Waals surface area contributed by atoms with Gasteiger partial charge in [-0.25, -0.2) is 0 Å². The summed E-state index contributed by atoms with van der Waals surface area (Å²) in [4.78, 5) is 55.1. The Morgan fingerprint density at radius 3 is 2.46 bits per heavy atom. The summed E-state index contributed by atoms with van der Waals surface area (Å²) in [5, 5.41) is 5.15. The summed E-state index contributed by atoms with van der Waals surface area (Å²) in [6, 6.07) is 13.2. The normalized spacial score (nSPS) is 18.0. The van der Waals surface area contributed by atoms with E-state index in [1.165, 1.54) is 4.90 Å². The summed E-state index contributed by atoms with van der Waals surface area (Å²) < 4.78 is 5.82. The number of hydrogen-bond acceptors (Lipinski definition) is 6. The van der Waals surface area contributed by atoms with E-state index >= 15 is 0 Å². The Kier molecular flexibility index (Phi) is 8.84. The van der Waals surface area contributed by atoms with Crippen LogP contribution in [-0.4, -0.2) is 85.8 Å². The van der Waals surface area contributed by atoms with Gasteiger partial charge >= 0.3 is 11.8 Å². The number of fused-ring (bicyclic) bond motifs is 1. The molecule has 4 amide bonds. The lowest BCUT2D eigenvalue weighted by molar-refractivity contribution is -0.141. The summed E-state index contributed by atoms with van der Waals surface area (Å²) in [5.41, 5.74) is 2.11. The van der Waals surface area contributed by atoms with Crippen molar-refractivity contribution in [3.8, 4) is 17.6 Å². The van der Waals surface area contributed by atoms with Crippen molar-refractivity contribution in [3.05, 3.63) is 59.7 Å². The van der Waals surface area contributed by atoms with Crippen LogP contribution in [0.25, 0.3) is 0 Å². The minimum atomic E-state index is -1.03. The maximum atomic E-state index is 13.1. The zero-order valence-electron chi connectivity index (χ0n) is 22.4. The Balaban J connectivity index is 1.34. The van der Waals surface area contributed by atoms with Crippen molar-refractivity contribution in [1.82, 2.24) is 20.4 Å². The van der Waals surface area contributed by atoms with Gasteiger partial charge in [0.05, 0.1) is 18.3 Å². The van der Waals surface area contributed by atoms with Crippen LogP contribution in [0.4, 0.5) is 5.69 Å². The average molecular weight is 532 g/mol. The first-order valence-electron chi connectivity index (χ1n) is 12.9. The van der Waals surface area contributed by atoms with Crippen molar-refractivity contribution in [3.63, 3.8) is 0 Å². The number of likely N-dealkylation sites (N-methyl/N-ethyl adjacent to an activating group) is 1. The fourth-order valence-corrected chi connectivity index (χ4v) is 4.46. The van der Waals surface area contributed by atoms with E-state index in [-0.39, 0.29) is 18.6 Å². The smallest absolute Gasteiger partial charge is 0.310 e. The quantitative estimate of drug-likeness (QED) is 0.449. The molecule has 2 N–H and O–H groups in total. The maximum absolute atomic E-state index is 13.1. The minimum absolute atomic E-state index is 0.0920. The highest BCUT2D eigenvalue weighted by atomic mass is 16.5. The van der Waals surface area contributed by atoms with Gasteiger partial charge in [-0.05, 0) is 30.7 Å². The molecule has 10 nitrogen and oxygen atoms in total. The van der Waals surface area contributed by atoms with Crippen molar-refractivity contribution >= 4 is 29.3 Å². The fraction of sp³-hybridized carbons (Fsp3) is 0.379. The second-order valence-electron chi connectivity index (χ2n) is 9.61. The Morgan fingerprint density at radius 1 is 1.05 bits per heavy atom. The standard InChI is InChI=1S/C29H33N5O5/c1-20(23-9-5-4-6-10-23)30-27(36)28(37)31-24-19-39-26-12-11-22(18-25(26)32(3)29(24)38)8-7-13-33-14-16-34(17-15-33)21(2)35/h4-6,9-12,18,20,24H,13-17,19H2,1-3H3,(H,30,36)(H,31,37)/t20-,24+/m1/s1. The number of carbonyl (C=O) groups excluding carboxylic acids is 4. The molecule has 0 radical (unpaired) electrons. The number of ether oxygens (including phenoxy) is 1. The number of nitrogens with zero attached hydrogens (tertiary/aromatic N) is 3. The maximum Gasteiger partial charge on any atom is 0.310 e. The van der Waals surface area contributed by atoms with Gasteiger partial charge in [0.1, 0.15) is 18.4 Å². The molecule has 2 aromatic rings. The highest BCUT2D eigenvalue weighted by Crippen LogP contribution is 2.31. The molecule has 39 heavy (non-hydrogen) atoms. The van der Waals surface area contributed by atoms with Gasteiger partial charge in [0.25, 0.3) is 5.91 Å². The zero-order valence-corrected chi connectivity index (χ0v) is 22.4. The molecule has 0 aliphatic carbocycles. The number of amides is 4. The van der Waals surface area contributed by atoms with Gasteiger partial charge in [-0.2, -0.15) is 0 Å². The first kappa shape index (κ1) is 27.7. The summed E-state index contributed by atoms with van der Waals surface area (Å²) in [6.45, 7) is 6.78. The summed E-state index contributed by atoms with van der Waals surface area (Å²) in [5.74, 6) is 4.73. The summed E-state index contributed by atoms with van der Waals surface area (Å²) >= 11 is 0. The van der Waals surface area contributed by atoms with Crippen LogP contribution in [0.3, 0.4) is 0 Å². The van der Waals surface area contributed by atoms with Gasteiger partial charge in [-0.1, -0.05) is 42.2 Å². The largest absolute Gasteiger partial charge is 0.489 e. The lowest BCUT2D eigenvalue weighted by Crippen LogP contribution is -2.53. The molecule has 0 saturated carbocycles. The van der Waals surface area contributed by atoms with Gasteiger partial charge in [0, 0.05) is 45.7 Å². The predicted octanol–water partition coefficient (Wildman–Crippen LogP) is 0.920. The molecular formula is C29H33N5O5. The van der Waals surface area contributed by atoms with Crippen LogP contribution in [-0.2, 0) is 19.2 Å². The number of hydrogen-bond donors (Lipinski definition) is 2. The van der Waals surface area contributed by atoms with Crippen LogP contribution >= 0.6 is 0 Å². The third-order valence-electron chi connectivity index (χ3n) is 6.87. The second kappa shape index (κ2) is 12.5. The van der Waals surface area contributed by atoms with Crippen molar-refractivity contribution < 1.29 is 23.9 Å². The van der Waals surface area contributed by atoms with Crippen molar-refractivity contribution in [1.29, 1.82) is 0 Å². The summed E-state index contributed by atoms with van der Waals surface area (Å²) in [7, 11) is 1.60. The SMILES string of the molecule is CC(=O)N1CCN(CC#Cc2ccc3c(c2)N(C)C(=O)[C@@H](NC(=O)C(=O)N[C@H](C)c2ccccc2)CO3)CC1. The molecule has 2 heterocycles. The van der Waals surface area contributed by atoms with E-state index in [1.54, 1.807) is 33.0 Å². The number of carbonyl (C=O) groups is 4. The molecule has 1 saturated heterocycles. The molecule has 0 aromatic heterocycles. The second-order valence-corrected chi connectivity index (χ2v) is 9.61. The number of nitrogens with one attached hydrogen (secondary N) is 2. The molecule has 1 fully saturated rings.